The zero-order chi connectivity index (χ0) is 14.5. The second-order valence-electron chi connectivity index (χ2n) is 5.78. The fraction of sp³-hybridized carbons (Fsp3) is 0.714. The Bertz CT molecular complexity index is 443. The highest BCUT2D eigenvalue weighted by Gasteiger charge is 2.19. The maximum absolute atomic E-state index is 12.0. The second-order valence-corrected chi connectivity index (χ2v) is 5.78. The van der Waals surface area contributed by atoms with Crippen LogP contribution in [0.3, 0.4) is 0 Å². The number of aryl methyl sites for hydroxylation is 1. The summed E-state index contributed by atoms with van der Waals surface area (Å²) < 4.78 is 1.68. The molecule has 112 valence electrons. The number of aromatic nitrogens is 2. The van der Waals surface area contributed by atoms with Crippen LogP contribution in [-0.4, -0.2) is 65.3 Å². The summed E-state index contributed by atoms with van der Waals surface area (Å²) in [4.78, 5) is 16.6. The number of anilines is 1. The minimum absolute atomic E-state index is 0.0429. The molecule has 0 spiro atoms. The smallest absolute Gasteiger partial charge is 0.238 e. The molecule has 6 heteroatoms. The van der Waals surface area contributed by atoms with Gasteiger partial charge in [-0.1, -0.05) is 0 Å². The van der Waals surface area contributed by atoms with Gasteiger partial charge in [0.1, 0.15) is 0 Å². The van der Waals surface area contributed by atoms with E-state index in [0.717, 1.165) is 31.6 Å². The lowest BCUT2D eigenvalue weighted by atomic mass is 10.1. The van der Waals surface area contributed by atoms with Crippen LogP contribution in [0.4, 0.5) is 5.69 Å². The highest BCUT2D eigenvalue weighted by atomic mass is 16.2. The highest BCUT2D eigenvalue weighted by Crippen LogP contribution is 2.14. The molecule has 1 aromatic heterocycles. The molecular weight excluding hydrogens is 254 g/mol. The normalized spacial score (nSPS) is 20.9. The summed E-state index contributed by atoms with van der Waals surface area (Å²) in [7, 11) is 6.11. The SMILES string of the molecule is CN(C)C1CCCN(CC(=O)Nc2cnn(C)c2)CC1. The Morgan fingerprint density at radius 1 is 1.45 bits per heavy atom. The van der Waals surface area contributed by atoms with E-state index < -0.39 is 0 Å². The molecule has 20 heavy (non-hydrogen) atoms. The van der Waals surface area contributed by atoms with Crippen molar-refractivity contribution in [1.29, 1.82) is 0 Å². The number of hydrogen-bond donors (Lipinski definition) is 1. The Kier molecular flexibility index (Phi) is 5.14. The predicted octanol–water partition coefficient (Wildman–Crippen LogP) is 0.775. The Morgan fingerprint density at radius 2 is 2.25 bits per heavy atom. The summed E-state index contributed by atoms with van der Waals surface area (Å²) >= 11 is 0. The van der Waals surface area contributed by atoms with E-state index in [4.69, 9.17) is 0 Å². The van der Waals surface area contributed by atoms with Crippen molar-refractivity contribution in [3.05, 3.63) is 12.4 Å². The Labute approximate surface area is 120 Å². The van der Waals surface area contributed by atoms with Gasteiger partial charge in [-0.2, -0.15) is 5.10 Å². The van der Waals surface area contributed by atoms with E-state index >= 15 is 0 Å². The molecule has 0 radical (unpaired) electrons. The van der Waals surface area contributed by atoms with Gasteiger partial charge in [-0.25, -0.2) is 0 Å². The molecule has 0 bridgehead atoms. The molecular formula is C14H25N5O. The summed E-state index contributed by atoms with van der Waals surface area (Å²) in [5.41, 5.74) is 0.762. The first-order chi connectivity index (χ1) is 9.54. The third-order valence-corrected chi connectivity index (χ3v) is 3.88. The lowest BCUT2D eigenvalue weighted by molar-refractivity contribution is -0.117. The van der Waals surface area contributed by atoms with Crippen molar-refractivity contribution in [2.75, 3.05) is 39.0 Å². The number of hydrogen-bond acceptors (Lipinski definition) is 4. The zero-order valence-electron chi connectivity index (χ0n) is 12.7. The van der Waals surface area contributed by atoms with Gasteiger partial charge in [0, 0.05) is 25.8 Å². The molecule has 0 aliphatic carbocycles. The summed E-state index contributed by atoms with van der Waals surface area (Å²) in [5.74, 6) is 0.0429. The number of carbonyl (C=O) groups excluding carboxylic acids is 1. The summed E-state index contributed by atoms with van der Waals surface area (Å²) in [6.07, 6.45) is 6.98. The van der Waals surface area contributed by atoms with Crippen LogP contribution in [0.2, 0.25) is 0 Å². The van der Waals surface area contributed by atoms with Crippen LogP contribution in [0.15, 0.2) is 12.4 Å². The van der Waals surface area contributed by atoms with Gasteiger partial charge >= 0.3 is 0 Å². The van der Waals surface area contributed by atoms with Crippen molar-refractivity contribution in [2.24, 2.45) is 7.05 Å². The van der Waals surface area contributed by atoms with Crippen LogP contribution >= 0.6 is 0 Å². The molecule has 1 amide bonds. The third-order valence-electron chi connectivity index (χ3n) is 3.88. The highest BCUT2D eigenvalue weighted by molar-refractivity contribution is 5.91. The van der Waals surface area contributed by atoms with Gasteiger partial charge in [-0.15, -0.1) is 0 Å². The standard InChI is InChI=1S/C14H25N5O/c1-17(2)13-5-4-7-19(8-6-13)11-14(20)16-12-9-15-18(3)10-12/h9-10,13H,4-8,11H2,1-3H3,(H,16,20). The monoisotopic (exact) mass is 279 g/mol. The molecule has 1 aromatic rings. The molecule has 0 aromatic carbocycles. The largest absolute Gasteiger partial charge is 0.322 e. The minimum Gasteiger partial charge on any atom is -0.322 e. The fourth-order valence-corrected chi connectivity index (χ4v) is 2.70. The lowest BCUT2D eigenvalue weighted by Gasteiger charge is -2.23. The fourth-order valence-electron chi connectivity index (χ4n) is 2.70. The number of carbonyl (C=O) groups is 1. The number of likely N-dealkylation sites (tertiary alicyclic amines) is 1. The first-order valence-electron chi connectivity index (χ1n) is 7.22. The van der Waals surface area contributed by atoms with Crippen molar-refractivity contribution in [3.63, 3.8) is 0 Å². The Hall–Kier alpha value is -1.40. The van der Waals surface area contributed by atoms with Gasteiger partial charge in [-0.3, -0.25) is 14.4 Å². The number of amides is 1. The molecule has 2 heterocycles. The van der Waals surface area contributed by atoms with E-state index in [9.17, 15) is 4.79 Å². The second kappa shape index (κ2) is 6.85. The molecule has 1 aliphatic heterocycles. The molecule has 1 N–H and O–H groups in total. The summed E-state index contributed by atoms with van der Waals surface area (Å²) in [5, 5.41) is 6.93. The van der Waals surface area contributed by atoms with E-state index in [2.05, 4.69) is 34.3 Å². The number of nitrogens with zero attached hydrogens (tertiary/aromatic N) is 4. The van der Waals surface area contributed by atoms with Crippen molar-refractivity contribution in [2.45, 2.75) is 25.3 Å². The van der Waals surface area contributed by atoms with Crippen LogP contribution in [-0.2, 0) is 11.8 Å². The predicted molar refractivity (Wildman–Crippen MR) is 79.6 cm³/mol. The van der Waals surface area contributed by atoms with E-state index in [1.165, 1.54) is 6.42 Å². The van der Waals surface area contributed by atoms with Gasteiger partial charge in [0.2, 0.25) is 5.91 Å². The number of nitrogens with one attached hydrogen (secondary N) is 1. The lowest BCUT2D eigenvalue weighted by Crippen LogP contribution is -2.35. The molecule has 0 saturated carbocycles. The van der Waals surface area contributed by atoms with Crippen LogP contribution in [0, 0.1) is 0 Å². The van der Waals surface area contributed by atoms with Crippen molar-refractivity contribution >= 4 is 11.6 Å². The average molecular weight is 279 g/mol. The molecule has 1 saturated heterocycles. The van der Waals surface area contributed by atoms with Gasteiger partial charge in [-0.05, 0) is 39.9 Å². The maximum Gasteiger partial charge on any atom is 0.238 e. The van der Waals surface area contributed by atoms with Crippen LogP contribution < -0.4 is 5.32 Å². The van der Waals surface area contributed by atoms with E-state index in [0.29, 0.717) is 12.6 Å². The van der Waals surface area contributed by atoms with Crippen LogP contribution in [0.25, 0.3) is 0 Å². The number of rotatable bonds is 4. The van der Waals surface area contributed by atoms with Gasteiger partial charge in [0.15, 0.2) is 0 Å². The van der Waals surface area contributed by atoms with Gasteiger partial charge in [0.25, 0.3) is 0 Å². The maximum atomic E-state index is 12.0. The van der Waals surface area contributed by atoms with Crippen LogP contribution in [0.1, 0.15) is 19.3 Å². The van der Waals surface area contributed by atoms with Gasteiger partial charge < -0.3 is 10.2 Å². The Balaban J connectivity index is 1.79. The Morgan fingerprint density at radius 3 is 2.90 bits per heavy atom. The molecule has 2 rings (SSSR count). The molecule has 1 atom stereocenters. The third kappa shape index (κ3) is 4.31. The van der Waals surface area contributed by atoms with Crippen molar-refractivity contribution < 1.29 is 4.79 Å². The topological polar surface area (TPSA) is 53.4 Å². The summed E-state index contributed by atoms with van der Waals surface area (Å²) in [6.45, 7) is 2.46. The first-order valence-corrected chi connectivity index (χ1v) is 7.22. The van der Waals surface area contributed by atoms with Gasteiger partial charge in [0.05, 0.1) is 18.4 Å². The van der Waals surface area contributed by atoms with Crippen molar-refractivity contribution in [1.82, 2.24) is 19.6 Å². The average Bonchev–Trinajstić information content (AvgIpc) is 2.63. The first kappa shape index (κ1) is 15.0. The minimum atomic E-state index is 0.0429. The quantitative estimate of drug-likeness (QED) is 0.885. The summed E-state index contributed by atoms with van der Waals surface area (Å²) in [6, 6.07) is 0.640. The molecule has 1 unspecified atom stereocenters. The van der Waals surface area contributed by atoms with E-state index in [1.54, 1.807) is 10.9 Å². The molecule has 1 aliphatic rings. The van der Waals surface area contributed by atoms with Crippen molar-refractivity contribution in [3.8, 4) is 0 Å². The molecule has 6 nitrogen and oxygen atoms in total. The van der Waals surface area contributed by atoms with E-state index in [1.807, 2.05) is 13.2 Å². The zero-order valence-corrected chi connectivity index (χ0v) is 12.7. The van der Waals surface area contributed by atoms with Crippen LogP contribution in [0.5, 0.6) is 0 Å². The van der Waals surface area contributed by atoms with E-state index in [-0.39, 0.29) is 5.91 Å². The molecule has 1 fully saturated rings.